The third kappa shape index (κ3) is 2.77. The molecule has 92 valence electrons. The standard InChI is InChI=1S/C11H15BrN4S/c1-2-5-16-9(3-4-14-16)11(15-13)8-6-10(12)17-7-8/h3-4,6-7,11,15H,2,5,13H2,1H3. The van der Waals surface area contributed by atoms with Gasteiger partial charge in [0, 0.05) is 12.7 Å². The minimum absolute atomic E-state index is 0.00778. The summed E-state index contributed by atoms with van der Waals surface area (Å²) >= 11 is 5.13. The highest BCUT2D eigenvalue weighted by molar-refractivity contribution is 9.11. The van der Waals surface area contributed by atoms with E-state index in [1.807, 2.05) is 16.9 Å². The fourth-order valence-electron chi connectivity index (χ4n) is 1.81. The highest BCUT2D eigenvalue weighted by Crippen LogP contribution is 2.28. The molecule has 3 N–H and O–H groups in total. The van der Waals surface area contributed by atoms with Gasteiger partial charge in [0.2, 0.25) is 0 Å². The van der Waals surface area contributed by atoms with Crippen LogP contribution in [0.2, 0.25) is 0 Å². The lowest BCUT2D eigenvalue weighted by Crippen LogP contribution is -2.30. The molecule has 0 saturated carbocycles. The highest BCUT2D eigenvalue weighted by atomic mass is 79.9. The van der Waals surface area contributed by atoms with Gasteiger partial charge in [-0.2, -0.15) is 5.10 Å². The monoisotopic (exact) mass is 314 g/mol. The number of hydrazine groups is 1. The number of nitrogens with one attached hydrogen (secondary N) is 1. The predicted molar refractivity (Wildman–Crippen MR) is 73.7 cm³/mol. The van der Waals surface area contributed by atoms with Crippen LogP contribution < -0.4 is 11.3 Å². The molecular formula is C11H15BrN4S. The molecule has 0 aliphatic carbocycles. The van der Waals surface area contributed by atoms with Crippen LogP contribution in [0.1, 0.15) is 30.6 Å². The molecule has 6 heteroatoms. The Balaban J connectivity index is 2.31. The zero-order valence-corrected chi connectivity index (χ0v) is 12.0. The number of aryl methyl sites for hydroxylation is 1. The summed E-state index contributed by atoms with van der Waals surface area (Å²) in [6.45, 7) is 3.04. The van der Waals surface area contributed by atoms with E-state index in [0.29, 0.717) is 0 Å². The van der Waals surface area contributed by atoms with Gasteiger partial charge in [0.25, 0.3) is 0 Å². The maximum absolute atomic E-state index is 5.67. The van der Waals surface area contributed by atoms with Gasteiger partial charge >= 0.3 is 0 Å². The average molecular weight is 315 g/mol. The summed E-state index contributed by atoms with van der Waals surface area (Å²) in [4.78, 5) is 0. The summed E-state index contributed by atoms with van der Waals surface area (Å²) < 4.78 is 3.10. The summed E-state index contributed by atoms with van der Waals surface area (Å²) in [5.74, 6) is 5.67. The Kier molecular flexibility index (Phi) is 4.33. The van der Waals surface area contributed by atoms with E-state index in [2.05, 4.69) is 44.8 Å². The van der Waals surface area contributed by atoms with E-state index in [0.717, 1.165) is 28.0 Å². The van der Waals surface area contributed by atoms with Crippen molar-refractivity contribution in [1.82, 2.24) is 15.2 Å². The molecule has 2 rings (SSSR count). The molecule has 0 amide bonds. The lowest BCUT2D eigenvalue weighted by atomic mass is 10.1. The van der Waals surface area contributed by atoms with Crippen molar-refractivity contribution in [3.63, 3.8) is 0 Å². The Hall–Kier alpha value is -0.690. The molecule has 0 aliphatic rings. The molecule has 2 heterocycles. The largest absolute Gasteiger partial charge is 0.271 e. The number of rotatable bonds is 5. The molecule has 0 aliphatic heterocycles. The smallest absolute Gasteiger partial charge is 0.0886 e. The van der Waals surface area contributed by atoms with E-state index >= 15 is 0 Å². The van der Waals surface area contributed by atoms with Gasteiger partial charge in [-0.15, -0.1) is 11.3 Å². The molecule has 2 aromatic heterocycles. The Labute approximate surface area is 113 Å². The van der Waals surface area contributed by atoms with Crippen molar-refractivity contribution in [2.75, 3.05) is 0 Å². The van der Waals surface area contributed by atoms with Gasteiger partial charge in [-0.25, -0.2) is 5.43 Å². The van der Waals surface area contributed by atoms with Crippen molar-refractivity contribution >= 4 is 27.3 Å². The van der Waals surface area contributed by atoms with Crippen LogP contribution in [0.5, 0.6) is 0 Å². The van der Waals surface area contributed by atoms with Crippen molar-refractivity contribution in [1.29, 1.82) is 0 Å². The Morgan fingerprint density at radius 3 is 3.06 bits per heavy atom. The van der Waals surface area contributed by atoms with Crippen molar-refractivity contribution in [2.24, 2.45) is 5.84 Å². The molecule has 0 aromatic carbocycles. The van der Waals surface area contributed by atoms with Gasteiger partial charge in [-0.1, -0.05) is 6.92 Å². The first-order valence-corrected chi connectivity index (χ1v) is 7.15. The number of nitrogens with zero attached hydrogens (tertiary/aromatic N) is 2. The van der Waals surface area contributed by atoms with Gasteiger partial charge in [-0.05, 0) is 45.4 Å². The molecule has 0 bridgehead atoms. The zero-order chi connectivity index (χ0) is 12.3. The molecule has 0 fully saturated rings. The Morgan fingerprint density at radius 2 is 2.47 bits per heavy atom. The van der Waals surface area contributed by atoms with Crippen LogP contribution in [0, 0.1) is 0 Å². The zero-order valence-electron chi connectivity index (χ0n) is 9.56. The van der Waals surface area contributed by atoms with Gasteiger partial charge in [-0.3, -0.25) is 10.5 Å². The molecular weight excluding hydrogens is 300 g/mol. The van der Waals surface area contributed by atoms with Crippen LogP contribution in [0.15, 0.2) is 27.5 Å². The number of nitrogens with two attached hydrogens (primary N) is 1. The van der Waals surface area contributed by atoms with Crippen molar-refractivity contribution in [3.05, 3.63) is 38.8 Å². The fourth-order valence-corrected chi connectivity index (χ4v) is 3.02. The molecule has 1 unspecified atom stereocenters. The lowest BCUT2D eigenvalue weighted by molar-refractivity contribution is 0.521. The predicted octanol–water partition coefficient (Wildman–Crippen LogP) is 2.67. The van der Waals surface area contributed by atoms with E-state index in [9.17, 15) is 0 Å². The molecule has 17 heavy (non-hydrogen) atoms. The Morgan fingerprint density at radius 1 is 1.65 bits per heavy atom. The first-order valence-electron chi connectivity index (χ1n) is 5.48. The minimum atomic E-state index is -0.00778. The molecule has 2 aromatic rings. The summed E-state index contributed by atoms with van der Waals surface area (Å²) in [5.41, 5.74) is 5.11. The van der Waals surface area contributed by atoms with Crippen LogP contribution in [0.3, 0.4) is 0 Å². The second-order valence-corrected chi connectivity index (χ2v) is 6.05. The van der Waals surface area contributed by atoms with Crippen molar-refractivity contribution < 1.29 is 0 Å². The highest BCUT2D eigenvalue weighted by Gasteiger charge is 2.17. The lowest BCUT2D eigenvalue weighted by Gasteiger charge is -2.16. The van der Waals surface area contributed by atoms with Gasteiger partial charge < -0.3 is 0 Å². The number of halogens is 1. The van der Waals surface area contributed by atoms with Crippen LogP contribution in [0.4, 0.5) is 0 Å². The SMILES string of the molecule is CCCn1nccc1C(NN)c1csc(Br)c1. The van der Waals surface area contributed by atoms with Crippen molar-refractivity contribution in [3.8, 4) is 0 Å². The molecule has 1 atom stereocenters. The summed E-state index contributed by atoms with van der Waals surface area (Å²) in [5, 5.41) is 6.42. The Bertz CT molecular complexity index is 479. The molecule has 0 radical (unpaired) electrons. The average Bonchev–Trinajstić information content (AvgIpc) is 2.91. The van der Waals surface area contributed by atoms with Gasteiger partial charge in [0.1, 0.15) is 0 Å². The van der Waals surface area contributed by atoms with E-state index in [1.165, 1.54) is 0 Å². The fraction of sp³-hybridized carbons (Fsp3) is 0.364. The van der Waals surface area contributed by atoms with Crippen LogP contribution in [-0.2, 0) is 6.54 Å². The number of aromatic nitrogens is 2. The van der Waals surface area contributed by atoms with Crippen LogP contribution in [-0.4, -0.2) is 9.78 Å². The number of thiophene rings is 1. The van der Waals surface area contributed by atoms with E-state index in [1.54, 1.807) is 11.3 Å². The van der Waals surface area contributed by atoms with Gasteiger partial charge in [0.15, 0.2) is 0 Å². The van der Waals surface area contributed by atoms with Crippen LogP contribution in [0.25, 0.3) is 0 Å². The van der Waals surface area contributed by atoms with E-state index in [4.69, 9.17) is 5.84 Å². The van der Waals surface area contributed by atoms with Crippen LogP contribution >= 0.6 is 27.3 Å². The second-order valence-electron chi connectivity index (χ2n) is 3.76. The maximum Gasteiger partial charge on any atom is 0.0886 e. The first-order chi connectivity index (χ1) is 8.26. The molecule has 4 nitrogen and oxygen atoms in total. The van der Waals surface area contributed by atoms with E-state index in [-0.39, 0.29) is 6.04 Å². The molecule has 0 spiro atoms. The summed E-state index contributed by atoms with van der Waals surface area (Å²) in [6.07, 6.45) is 2.87. The third-order valence-corrected chi connectivity index (χ3v) is 4.09. The topological polar surface area (TPSA) is 55.9 Å². The normalized spacial score (nSPS) is 12.9. The summed E-state index contributed by atoms with van der Waals surface area (Å²) in [6, 6.07) is 4.08. The van der Waals surface area contributed by atoms with E-state index < -0.39 is 0 Å². The second kappa shape index (κ2) is 5.77. The first kappa shape index (κ1) is 12.8. The van der Waals surface area contributed by atoms with Crippen molar-refractivity contribution in [2.45, 2.75) is 25.9 Å². The maximum atomic E-state index is 5.67. The number of hydrogen-bond donors (Lipinski definition) is 2. The van der Waals surface area contributed by atoms with Gasteiger partial charge in [0.05, 0.1) is 15.5 Å². The quantitative estimate of drug-likeness (QED) is 0.659. The number of hydrogen-bond acceptors (Lipinski definition) is 4. The minimum Gasteiger partial charge on any atom is -0.271 e. The molecule has 0 saturated heterocycles. The third-order valence-electron chi connectivity index (χ3n) is 2.57. The summed E-state index contributed by atoms with van der Waals surface area (Å²) in [7, 11) is 0.